The molecule has 0 saturated heterocycles. The van der Waals surface area contributed by atoms with Gasteiger partial charge in [0, 0.05) is 11.0 Å². The summed E-state index contributed by atoms with van der Waals surface area (Å²) in [6, 6.07) is 13.9. The molecule has 0 saturated carbocycles. The Labute approximate surface area is 125 Å². The van der Waals surface area contributed by atoms with Crippen molar-refractivity contribution in [1.82, 2.24) is 0 Å². The van der Waals surface area contributed by atoms with Gasteiger partial charge in [0.2, 0.25) is 0 Å². The zero-order chi connectivity index (χ0) is 14.4. The standard InChI is InChI=1S/C15H15BrFNO2/c16-13-7-4-8-14(17)15(13)18-9-11(19)10-20-12-5-2-1-3-6-12/h1-8,11,18-19H,9-10H2. The zero-order valence-electron chi connectivity index (χ0n) is 10.7. The third-order valence-electron chi connectivity index (χ3n) is 2.66. The third kappa shape index (κ3) is 4.21. The van der Waals surface area contributed by atoms with Crippen LogP contribution in [0.15, 0.2) is 53.0 Å². The average Bonchev–Trinajstić information content (AvgIpc) is 2.46. The predicted octanol–water partition coefficient (Wildman–Crippen LogP) is 3.44. The maximum atomic E-state index is 13.5. The molecule has 0 aliphatic carbocycles. The number of halogens is 2. The summed E-state index contributed by atoms with van der Waals surface area (Å²) < 4.78 is 19.6. The van der Waals surface area contributed by atoms with Gasteiger partial charge < -0.3 is 15.2 Å². The summed E-state index contributed by atoms with van der Waals surface area (Å²) in [7, 11) is 0. The van der Waals surface area contributed by atoms with Crippen LogP contribution in [-0.4, -0.2) is 24.4 Å². The minimum Gasteiger partial charge on any atom is -0.491 e. The molecule has 1 atom stereocenters. The van der Waals surface area contributed by atoms with E-state index < -0.39 is 6.10 Å². The fourth-order valence-corrected chi connectivity index (χ4v) is 2.14. The van der Waals surface area contributed by atoms with Crippen molar-refractivity contribution in [3.8, 4) is 5.75 Å². The van der Waals surface area contributed by atoms with Gasteiger partial charge in [-0.25, -0.2) is 4.39 Å². The summed E-state index contributed by atoms with van der Waals surface area (Å²) in [6.45, 7) is 0.343. The highest BCUT2D eigenvalue weighted by molar-refractivity contribution is 9.10. The van der Waals surface area contributed by atoms with Crippen LogP contribution in [0.4, 0.5) is 10.1 Å². The van der Waals surface area contributed by atoms with E-state index in [1.54, 1.807) is 12.1 Å². The Bertz CT molecular complexity index is 531. The lowest BCUT2D eigenvalue weighted by Crippen LogP contribution is -2.26. The van der Waals surface area contributed by atoms with Crippen molar-refractivity contribution in [2.24, 2.45) is 0 Å². The van der Waals surface area contributed by atoms with Crippen LogP contribution < -0.4 is 10.1 Å². The van der Waals surface area contributed by atoms with Gasteiger partial charge in [-0.1, -0.05) is 24.3 Å². The second-order valence-electron chi connectivity index (χ2n) is 4.26. The number of hydrogen-bond donors (Lipinski definition) is 2. The van der Waals surface area contributed by atoms with Crippen LogP contribution in [0.25, 0.3) is 0 Å². The van der Waals surface area contributed by atoms with Gasteiger partial charge in [0.15, 0.2) is 0 Å². The first kappa shape index (κ1) is 14.8. The Hall–Kier alpha value is -1.59. The molecule has 0 heterocycles. The molecule has 2 aromatic rings. The average molecular weight is 340 g/mol. The molecule has 2 rings (SSSR count). The molecule has 0 aromatic heterocycles. The van der Waals surface area contributed by atoms with E-state index in [4.69, 9.17) is 4.74 Å². The molecular formula is C15H15BrFNO2. The van der Waals surface area contributed by atoms with Crippen molar-refractivity contribution in [1.29, 1.82) is 0 Å². The van der Waals surface area contributed by atoms with E-state index in [0.29, 0.717) is 15.9 Å². The van der Waals surface area contributed by atoms with Gasteiger partial charge in [-0.3, -0.25) is 0 Å². The van der Waals surface area contributed by atoms with Crippen molar-refractivity contribution in [3.63, 3.8) is 0 Å². The van der Waals surface area contributed by atoms with E-state index in [1.165, 1.54) is 6.07 Å². The summed E-state index contributed by atoms with van der Waals surface area (Å²) in [5, 5.41) is 12.7. The number of rotatable bonds is 6. The van der Waals surface area contributed by atoms with Gasteiger partial charge in [0.25, 0.3) is 0 Å². The highest BCUT2D eigenvalue weighted by Gasteiger charge is 2.09. The van der Waals surface area contributed by atoms with Gasteiger partial charge in [-0.15, -0.1) is 0 Å². The molecule has 0 fully saturated rings. The van der Waals surface area contributed by atoms with Crippen LogP contribution in [0, 0.1) is 5.82 Å². The zero-order valence-corrected chi connectivity index (χ0v) is 12.3. The number of aliphatic hydroxyl groups is 1. The molecule has 1 unspecified atom stereocenters. The van der Waals surface area contributed by atoms with Crippen LogP contribution in [-0.2, 0) is 0 Å². The van der Waals surface area contributed by atoms with E-state index >= 15 is 0 Å². The van der Waals surface area contributed by atoms with Crippen molar-refractivity contribution < 1.29 is 14.2 Å². The van der Waals surface area contributed by atoms with E-state index in [1.807, 2.05) is 30.3 Å². The molecule has 3 nitrogen and oxygen atoms in total. The smallest absolute Gasteiger partial charge is 0.147 e. The van der Waals surface area contributed by atoms with Crippen LogP contribution in [0.5, 0.6) is 5.75 Å². The molecule has 0 bridgehead atoms. The number of hydrogen-bond acceptors (Lipinski definition) is 3. The summed E-state index contributed by atoms with van der Waals surface area (Å²) >= 11 is 3.26. The summed E-state index contributed by atoms with van der Waals surface area (Å²) in [5.41, 5.74) is 0.339. The molecule has 0 spiro atoms. The SMILES string of the molecule is OC(CNc1c(F)cccc1Br)COc1ccccc1. The Morgan fingerprint density at radius 3 is 2.60 bits per heavy atom. The lowest BCUT2D eigenvalue weighted by atomic mass is 10.3. The second-order valence-corrected chi connectivity index (χ2v) is 5.11. The number of aliphatic hydroxyl groups excluding tert-OH is 1. The molecule has 5 heteroatoms. The lowest BCUT2D eigenvalue weighted by molar-refractivity contribution is 0.117. The molecule has 106 valence electrons. The molecule has 0 aliphatic rings. The minimum atomic E-state index is -0.735. The Morgan fingerprint density at radius 2 is 1.90 bits per heavy atom. The van der Waals surface area contributed by atoms with Gasteiger partial charge in [-0.05, 0) is 40.2 Å². The van der Waals surface area contributed by atoms with Gasteiger partial charge in [0.1, 0.15) is 24.3 Å². The van der Waals surface area contributed by atoms with Crippen molar-refractivity contribution in [3.05, 3.63) is 58.8 Å². The second kappa shape index (κ2) is 7.26. The quantitative estimate of drug-likeness (QED) is 0.847. The number of para-hydroxylation sites is 2. The summed E-state index contributed by atoms with van der Waals surface area (Å²) in [4.78, 5) is 0. The monoisotopic (exact) mass is 339 g/mol. The Balaban J connectivity index is 1.82. The first-order valence-corrected chi connectivity index (χ1v) is 7.00. The Morgan fingerprint density at radius 1 is 1.15 bits per heavy atom. The van der Waals surface area contributed by atoms with Crippen molar-refractivity contribution >= 4 is 21.6 Å². The van der Waals surface area contributed by atoms with Crippen LogP contribution in [0.3, 0.4) is 0 Å². The van der Waals surface area contributed by atoms with Gasteiger partial charge in [-0.2, -0.15) is 0 Å². The van der Waals surface area contributed by atoms with Gasteiger partial charge in [0.05, 0.1) is 5.69 Å². The fraction of sp³-hybridized carbons (Fsp3) is 0.200. The number of anilines is 1. The third-order valence-corrected chi connectivity index (χ3v) is 3.32. The molecule has 2 aromatic carbocycles. The van der Waals surface area contributed by atoms with Crippen LogP contribution in [0.1, 0.15) is 0 Å². The minimum absolute atomic E-state index is 0.142. The van der Waals surface area contributed by atoms with Crippen LogP contribution in [0.2, 0.25) is 0 Å². The first-order valence-electron chi connectivity index (χ1n) is 6.20. The topological polar surface area (TPSA) is 41.5 Å². The fourth-order valence-electron chi connectivity index (χ4n) is 1.65. The predicted molar refractivity (Wildman–Crippen MR) is 80.5 cm³/mol. The maximum Gasteiger partial charge on any atom is 0.147 e. The van der Waals surface area contributed by atoms with Gasteiger partial charge >= 0.3 is 0 Å². The molecular weight excluding hydrogens is 325 g/mol. The first-order chi connectivity index (χ1) is 9.66. The van der Waals surface area contributed by atoms with Crippen LogP contribution >= 0.6 is 15.9 Å². The van der Waals surface area contributed by atoms with E-state index in [-0.39, 0.29) is 19.0 Å². The molecule has 20 heavy (non-hydrogen) atoms. The lowest BCUT2D eigenvalue weighted by Gasteiger charge is -2.15. The van der Waals surface area contributed by atoms with E-state index in [0.717, 1.165) is 0 Å². The molecule has 2 N–H and O–H groups in total. The normalized spacial score (nSPS) is 11.9. The maximum absolute atomic E-state index is 13.5. The molecule has 0 aliphatic heterocycles. The van der Waals surface area contributed by atoms with Crippen molar-refractivity contribution in [2.75, 3.05) is 18.5 Å². The summed E-state index contributed by atoms with van der Waals surface area (Å²) in [6.07, 6.45) is -0.735. The Kier molecular flexibility index (Phi) is 5.38. The number of ether oxygens (including phenoxy) is 1. The molecule has 0 radical (unpaired) electrons. The highest BCUT2D eigenvalue weighted by Crippen LogP contribution is 2.24. The van der Waals surface area contributed by atoms with E-state index in [9.17, 15) is 9.50 Å². The molecule has 0 amide bonds. The number of nitrogens with one attached hydrogen (secondary N) is 1. The van der Waals surface area contributed by atoms with E-state index in [2.05, 4.69) is 21.2 Å². The summed E-state index contributed by atoms with van der Waals surface area (Å²) in [5.74, 6) is 0.328. The largest absolute Gasteiger partial charge is 0.491 e. The highest BCUT2D eigenvalue weighted by atomic mass is 79.9. The van der Waals surface area contributed by atoms with Crippen molar-refractivity contribution in [2.45, 2.75) is 6.10 Å². The number of benzene rings is 2.